The fourth-order valence-electron chi connectivity index (χ4n) is 1.48. The molecule has 0 spiro atoms. The Labute approximate surface area is 92.0 Å². The molecule has 0 bridgehead atoms. The standard InChI is InChI=1S/C11H23NO3/c1-9(2)3-5-14-6-4-12-10-7-15-8-11(10)13/h9-13H,3-8H2,1-2H3. The lowest BCUT2D eigenvalue weighted by Gasteiger charge is -2.14. The predicted octanol–water partition coefficient (Wildman–Crippen LogP) is 0.398. The Kier molecular flexibility index (Phi) is 6.17. The number of rotatable bonds is 7. The van der Waals surface area contributed by atoms with Gasteiger partial charge in [0.25, 0.3) is 0 Å². The van der Waals surface area contributed by atoms with Crippen molar-refractivity contribution in [1.82, 2.24) is 5.32 Å². The van der Waals surface area contributed by atoms with Crippen molar-refractivity contribution in [3.8, 4) is 0 Å². The summed E-state index contributed by atoms with van der Waals surface area (Å²) in [6, 6.07) is 0.0821. The van der Waals surface area contributed by atoms with Gasteiger partial charge in [0.2, 0.25) is 0 Å². The Morgan fingerprint density at radius 3 is 2.80 bits per heavy atom. The summed E-state index contributed by atoms with van der Waals surface area (Å²) >= 11 is 0. The summed E-state index contributed by atoms with van der Waals surface area (Å²) in [5.74, 6) is 0.697. The molecular weight excluding hydrogens is 194 g/mol. The minimum atomic E-state index is -0.360. The molecule has 0 amide bonds. The van der Waals surface area contributed by atoms with Crippen molar-refractivity contribution in [2.75, 3.05) is 33.0 Å². The highest BCUT2D eigenvalue weighted by Crippen LogP contribution is 2.04. The molecule has 90 valence electrons. The maximum atomic E-state index is 9.44. The molecule has 1 aliphatic rings. The molecule has 2 unspecified atom stereocenters. The average molecular weight is 217 g/mol. The van der Waals surface area contributed by atoms with Gasteiger partial charge in [-0.15, -0.1) is 0 Å². The highest BCUT2D eigenvalue weighted by Gasteiger charge is 2.24. The van der Waals surface area contributed by atoms with Gasteiger partial charge in [0.1, 0.15) is 0 Å². The minimum Gasteiger partial charge on any atom is -0.389 e. The fourth-order valence-corrected chi connectivity index (χ4v) is 1.48. The van der Waals surface area contributed by atoms with Crippen LogP contribution in [0.2, 0.25) is 0 Å². The summed E-state index contributed by atoms with van der Waals surface area (Å²) in [7, 11) is 0. The van der Waals surface area contributed by atoms with Gasteiger partial charge in [0.15, 0.2) is 0 Å². The molecule has 2 N–H and O–H groups in total. The third-order valence-electron chi connectivity index (χ3n) is 2.54. The van der Waals surface area contributed by atoms with E-state index >= 15 is 0 Å². The summed E-state index contributed by atoms with van der Waals surface area (Å²) in [5, 5.41) is 12.7. The lowest BCUT2D eigenvalue weighted by atomic mass is 10.1. The van der Waals surface area contributed by atoms with E-state index < -0.39 is 0 Å². The summed E-state index contributed by atoms with van der Waals surface area (Å²) in [6.45, 7) is 7.74. The first-order valence-corrected chi connectivity index (χ1v) is 5.77. The number of nitrogens with one attached hydrogen (secondary N) is 1. The lowest BCUT2D eigenvalue weighted by molar-refractivity contribution is 0.111. The SMILES string of the molecule is CC(C)CCOCCNC1COCC1O. The Hall–Kier alpha value is -0.160. The van der Waals surface area contributed by atoms with Crippen molar-refractivity contribution in [3.05, 3.63) is 0 Å². The number of ether oxygens (including phenoxy) is 2. The highest BCUT2D eigenvalue weighted by atomic mass is 16.5. The quantitative estimate of drug-likeness (QED) is 0.606. The minimum absolute atomic E-state index is 0.0821. The number of hydrogen-bond donors (Lipinski definition) is 2. The first-order chi connectivity index (χ1) is 7.20. The second kappa shape index (κ2) is 7.17. The topological polar surface area (TPSA) is 50.7 Å². The molecule has 1 heterocycles. The van der Waals surface area contributed by atoms with Gasteiger partial charge in [-0.1, -0.05) is 13.8 Å². The Morgan fingerprint density at radius 1 is 1.40 bits per heavy atom. The number of aliphatic hydroxyl groups excluding tert-OH is 1. The van der Waals surface area contributed by atoms with Crippen LogP contribution in [0.5, 0.6) is 0 Å². The van der Waals surface area contributed by atoms with Gasteiger partial charge in [-0.3, -0.25) is 0 Å². The van der Waals surface area contributed by atoms with E-state index in [4.69, 9.17) is 9.47 Å². The zero-order chi connectivity index (χ0) is 11.1. The molecule has 4 nitrogen and oxygen atoms in total. The third kappa shape index (κ3) is 5.47. The van der Waals surface area contributed by atoms with Gasteiger partial charge >= 0.3 is 0 Å². The molecule has 2 atom stereocenters. The van der Waals surface area contributed by atoms with E-state index in [0.29, 0.717) is 25.7 Å². The Bertz CT molecular complexity index is 164. The molecule has 1 saturated heterocycles. The van der Waals surface area contributed by atoms with Crippen LogP contribution in [-0.4, -0.2) is 50.2 Å². The van der Waals surface area contributed by atoms with Crippen LogP contribution >= 0.6 is 0 Å². The molecule has 4 heteroatoms. The van der Waals surface area contributed by atoms with E-state index in [1.54, 1.807) is 0 Å². The third-order valence-corrected chi connectivity index (χ3v) is 2.54. The van der Waals surface area contributed by atoms with Crippen molar-refractivity contribution >= 4 is 0 Å². The van der Waals surface area contributed by atoms with Gasteiger partial charge < -0.3 is 19.9 Å². The van der Waals surface area contributed by atoms with Crippen LogP contribution in [0.4, 0.5) is 0 Å². The Balaban J connectivity index is 1.88. The van der Waals surface area contributed by atoms with Crippen LogP contribution in [0.3, 0.4) is 0 Å². The van der Waals surface area contributed by atoms with Crippen LogP contribution in [0.15, 0.2) is 0 Å². The number of hydrogen-bond acceptors (Lipinski definition) is 4. The largest absolute Gasteiger partial charge is 0.389 e. The molecule has 0 aromatic rings. The monoisotopic (exact) mass is 217 g/mol. The van der Waals surface area contributed by atoms with Crippen LogP contribution in [0.25, 0.3) is 0 Å². The highest BCUT2D eigenvalue weighted by molar-refractivity contribution is 4.80. The zero-order valence-electron chi connectivity index (χ0n) is 9.74. The second-order valence-electron chi connectivity index (χ2n) is 4.46. The number of aliphatic hydroxyl groups is 1. The van der Waals surface area contributed by atoms with Gasteiger partial charge in [-0.2, -0.15) is 0 Å². The molecule has 1 rings (SSSR count). The second-order valence-corrected chi connectivity index (χ2v) is 4.46. The van der Waals surface area contributed by atoms with E-state index in [-0.39, 0.29) is 12.1 Å². The van der Waals surface area contributed by atoms with Crippen molar-refractivity contribution < 1.29 is 14.6 Å². The molecule has 0 aromatic heterocycles. The first kappa shape index (κ1) is 12.9. The lowest BCUT2D eigenvalue weighted by Crippen LogP contribution is -2.40. The molecule has 0 aromatic carbocycles. The van der Waals surface area contributed by atoms with Gasteiger partial charge in [0, 0.05) is 13.2 Å². The van der Waals surface area contributed by atoms with E-state index in [0.717, 1.165) is 19.6 Å². The molecule has 1 aliphatic heterocycles. The summed E-state index contributed by atoms with van der Waals surface area (Å²) in [6.07, 6.45) is 0.746. The normalized spacial score (nSPS) is 26.4. The van der Waals surface area contributed by atoms with Crippen LogP contribution < -0.4 is 5.32 Å². The van der Waals surface area contributed by atoms with Crippen molar-refractivity contribution in [2.45, 2.75) is 32.4 Å². The van der Waals surface area contributed by atoms with Gasteiger partial charge in [-0.05, 0) is 12.3 Å². The van der Waals surface area contributed by atoms with Crippen molar-refractivity contribution in [3.63, 3.8) is 0 Å². The maximum absolute atomic E-state index is 9.44. The summed E-state index contributed by atoms with van der Waals surface area (Å²) in [5.41, 5.74) is 0. The fraction of sp³-hybridized carbons (Fsp3) is 1.00. The van der Waals surface area contributed by atoms with E-state index in [2.05, 4.69) is 19.2 Å². The molecule has 1 fully saturated rings. The Morgan fingerprint density at radius 2 is 2.20 bits per heavy atom. The van der Waals surface area contributed by atoms with Crippen LogP contribution in [0.1, 0.15) is 20.3 Å². The van der Waals surface area contributed by atoms with E-state index in [1.807, 2.05) is 0 Å². The zero-order valence-corrected chi connectivity index (χ0v) is 9.74. The van der Waals surface area contributed by atoms with Crippen molar-refractivity contribution in [1.29, 1.82) is 0 Å². The van der Waals surface area contributed by atoms with E-state index in [1.165, 1.54) is 0 Å². The van der Waals surface area contributed by atoms with Gasteiger partial charge in [0.05, 0.1) is 32.0 Å². The smallest absolute Gasteiger partial charge is 0.0948 e. The molecule has 0 saturated carbocycles. The average Bonchev–Trinajstić information content (AvgIpc) is 2.57. The van der Waals surface area contributed by atoms with Crippen LogP contribution in [-0.2, 0) is 9.47 Å². The summed E-state index contributed by atoms with van der Waals surface area (Å²) < 4.78 is 10.6. The predicted molar refractivity (Wildman–Crippen MR) is 58.9 cm³/mol. The first-order valence-electron chi connectivity index (χ1n) is 5.77. The van der Waals surface area contributed by atoms with Crippen LogP contribution in [0, 0.1) is 5.92 Å². The molecule has 15 heavy (non-hydrogen) atoms. The maximum Gasteiger partial charge on any atom is 0.0948 e. The molecule has 0 aliphatic carbocycles. The molecule has 0 radical (unpaired) electrons. The van der Waals surface area contributed by atoms with E-state index in [9.17, 15) is 5.11 Å². The molecular formula is C11H23NO3. The van der Waals surface area contributed by atoms with Gasteiger partial charge in [-0.25, -0.2) is 0 Å². The van der Waals surface area contributed by atoms with Crippen molar-refractivity contribution in [2.24, 2.45) is 5.92 Å². The summed E-state index contributed by atoms with van der Waals surface area (Å²) in [4.78, 5) is 0.